The Labute approximate surface area is 230 Å². The maximum Gasteiger partial charge on any atom is 0.338 e. The highest BCUT2D eigenvalue weighted by Crippen LogP contribution is 2.41. The van der Waals surface area contributed by atoms with Crippen LogP contribution in [0.25, 0.3) is 16.8 Å². The van der Waals surface area contributed by atoms with Gasteiger partial charge in [-0.1, -0.05) is 67.1 Å². The van der Waals surface area contributed by atoms with Crippen LogP contribution >= 0.6 is 11.3 Å². The third-order valence-electron chi connectivity index (χ3n) is 6.73. The molecular formula is C31H30N2O5S. The minimum absolute atomic E-state index is 0.211. The van der Waals surface area contributed by atoms with Crippen LogP contribution in [0.4, 0.5) is 0 Å². The van der Waals surface area contributed by atoms with Gasteiger partial charge in [0.05, 0.1) is 36.6 Å². The quantitative estimate of drug-likeness (QED) is 0.300. The maximum atomic E-state index is 14.1. The Morgan fingerprint density at radius 3 is 2.49 bits per heavy atom. The van der Waals surface area contributed by atoms with Crippen molar-refractivity contribution in [2.45, 2.75) is 32.7 Å². The number of carbonyl (C=O) groups excluding carboxylic acids is 1. The number of carbonyl (C=O) groups is 1. The largest absolute Gasteiger partial charge is 0.497 e. The molecule has 0 spiro atoms. The first-order valence-electron chi connectivity index (χ1n) is 12.9. The number of ether oxygens (including phenoxy) is 3. The number of hydrogen-bond donors (Lipinski definition) is 0. The summed E-state index contributed by atoms with van der Waals surface area (Å²) in [4.78, 5) is 33.1. The van der Waals surface area contributed by atoms with Crippen molar-refractivity contribution in [3.05, 3.63) is 103 Å². The standard InChI is InChI=1S/C31H30N2O5S/c1-5-9-23-27(30(35)38-6-2)28(26-22-11-8-7-10-20(22)14-17-24(26)37-4)33-29(34)25(39-31(33)32-23)18-19-12-15-21(36-3)16-13-19/h7-8,10-18,28H,5-6,9H2,1-4H3/b25-18-/t28-/m1/s1. The van der Waals surface area contributed by atoms with E-state index in [1.54, 1.807) is 25.7 Å². The van der Waals surface area contributed by atoms with Gasteiger partial charge in [-0.2, -0.15) is 0 Å². The van der Waals surface area contributed by atoms with Gasteiger partial charge >= 0.3 is 5.97 Å². The maximum absolute atomic E-state index is 14.1. The molecule has 0 saturated carbocycles. The van der Waals surface area contributed by atoms with E-state index in [1.807, 2.05) is 73.7 Å². The summed E-state index contributed by atoms with van der Waals surface area (Å²) in [6.07, 6.45) is 3.19. The van der Waals surface area contributed by atoms with Crippen molar-refractivity contribution in [1.82, 2.24) is 4.57 Å². The van der Waals surface area contributed by atoms with Gasteiger partial charge in [0, 0.05) is 5.56 Å². The van der Waals surface area contributed by atoms with Crippen LogP contribution in [0.15, 0.2) is 81.7 Å². The van der Waals surface area contributed by atoms with E-state index >= 15 is 0 Å². The number of methoxy groups -OCH3 is 2. The van der Waals surface area contributed by atoms with Crippen molar-refractivity contribution in [1.29, 1.82) is 0 Å². The molecule has 0 N–H and O–H groups in total. The lowest BCUT2D eigenvalue weighted by Gasteiger charge is -2.28. The second-order valence-corrected chi connectivity index (χ2v) is 10.1. The smallest absolute Gasteiger partial charge is 0.338 e. The Morgan fingerprint density at radius 2 is 1.79 bits per heavy atom. The summed E-state index contributed by atoms with van der Waals surface area (Å²) in [5, 5.41) is 1.87. The summed E-state index contributed by atoms with van der Waals surface area (Å²) < 4.78 is 18.8. The van der Waals surface area contributed by atoms with E-state index in [0.29, 0.717) is 32.8 Å². The Hall–Kier alpha value is -4.17. The van der Waals surface area contributed by atoms with Crippen molar-refractivity contribution in [3.63, 3.8) is 0 Å². The van der Waals surface area contributed by atoms with Crippen molar-refractivity contribution in [3.8, 4) is 11.5 Å². The molecule has 8 heteroatoms. The number of hydrogen-bond acceptors (Lipinski definition) is 7. The van der Waals surface area contributed by atoms with E-state index in [4.69, 9.17) is 19.2 Å². The monoisotopic (exact) mass is 542 g/mol. The van der Waals surface area contributed by atoms with Gasteiger partial charge < -0.3 is 14.2 Å². The van der Waals surface area contributed by atoms with Gasteiger partial charge in [-0.15, -0.1) is 0 Å². The molecule has 0 amide bonds. The molecule has 39 heavy (non-hydrogen) atoms. The minimum Gasteiger partial charge on any atom is -0.497 e. The zero-order valence-electron chi connectivity index (χ0n) is 22.4. The summed E-state index contributed by atoms with van der Waals surface area (Å²) in [7, 11) is 3.21. The fourth-order valence-electron chi connectivity index (χ4n) is 4.98. The first-order chi connectivity index (χ1) is 19.0. The third kappa shape index (κ3) is 4.88. The molecule has 0 radical (unpaired) electrons. The lowest BCUT2D eigenvalue weighted by atomic mass is 9.90. The predicted molar refractivity (Wildman–Crippen MR) is 153 cm³/mol. The average Bonchev–Trinajstić information content (AvgIpc) is 3.26. The molecule has 4 aromatic rings. The van der Waals surface area contributed by atoms with Crippen LogP contribution in [0.3, 0.4) is 0 Å². The molecule has 0 saturated heterocycles. The van der Waals surface area contributed by atoms with Gasteiger partial charge in [-0.3, -0.25) is 9.36 Å². The Morgan fingerprint density at radius 1 is 1.03 bits per heavy atom. The second-order valence-electron chi connectivity index (χ2n) is 9.09. The highest BCUT2D eigenvalue weighted by molar-refractivity contribution is 7.07. The SMILES string of the molecule is CCCC1=C(C(=O)OCC)[C@@H](c2c(OC)ccc3ccccc23)n2c(s/c(=C\c3ccc(OC)cc3)c2=O)=N1. The van der Waals surface area contributed by atoms with Crippen molar-refractivity contribution >= 4 is 34.2 Å². The number of thiazole rings is 1. The third-order valence-corrected chi connectivity index (χ3v) is 7.71. The Kier molecular flexibility index (Phi) is 7.65. The normalized spacial score (nSPS) is 15.2. The molecule has 7 nitrogen and oxygen atoms in total. The minimum atomic E-state index is -0.763. The van der Waals surface area contributed by atoms with E-state index in [9.17, 15) is 9.59 Å². The van der Waals surface area contributed by atoms with Gasteiger partial charge in [0.15, 0.2) is 4.80 Å². The number of benzene rings is 3. The molecule has 1 aliphatic heterocycles. The topological polar surface area (TPSA) is 79.1 Å². The summed E-state index contributed by atoms with van der Waals surface area (Å²) >= 11 is 1.31. The first-order valence-corrected chi connectivity index (χ1v) is 13.7. The molecule has 200 valence electrons. The second kappa shape index (κ2) is 11.3. The number of allylic oxidation sites excluding steroid dienone is 1. The number of aromatic nitrogens is 1. The Bertz CT molecular complexity index is 1750. The van der Waals surface area contributed by atoms with Crippen LogP contribution in [-0.2, 0) is 9.53 Å². The lowest BCUT2D eigenvalue weighted by Crippen LogP contribution is -2.40. The number of nitrogens with zero attached hydrogens (tertiary/aromatic N) is 2. The average molecular weight is 543 g/mol. The van der Waals surface area contributed by atoms with Gasteiger partial charge in [0.2, 0.25) is 0 Å². The van der Waals surface area contributed by atoms with Gasteiger partial charge in [0.25, 0.3) is 5.56 Å². The zero-order valence-corrected chi connectivity index (χ0v) is 23.2. The van der Waals surface area contributed by atoms with Crippen molar-refractivity contribution in [2.24, 2.45) is 4.99 Å². The van der Waals surface area contributed by atoms with Gasteiger partial charge in [-0.25, -0.2) is 9.79 Å². The van der Waals surface area contributed by atoms with E-state index in [0.717, 1.165) is 34.1 Å². The first kappa shape index (κ1) is 26.4. The summed E-state index contributed by atoms with van der Waals surface area (Å²) in [6, 6.07) is 18.5. The van der Waals surface area contributed by atoms with Crippen molar-refractivity contribution < 1.29 is 19.0 Å². The molecular weight excluding hydrogens is 512 g/mol. The molecule has 3 aromatic carbocycles. The van der Waals surface area contributed by atoms with Gasteiger partial charge in [-0.05, 0) is 54.0 Å². The molecule has 0 unspecified atom stereocenters. The van der Waals surface area contributed by atoms with Crippen LogP contribution in [0, 0.1) is 0 Å². The van der Waals surface area contributed by atoms with Gasteiger partial charge in [0.1, 0.15) is 17.5 Å². The number of rotatable bonds is 8. The highest BCUT2D eigenvalue weighted by Gasteiger charge is 2.37. The van der Waals surface area contributed by atoms with E-state index in [1.165, 1.54) is 11.3 Å². The highest BCUT2D eigenvalue weighted by atomic mass is 32.1. The van der Waals surface area contributed by atoms with Crippen LogP contribution in [0.5, 0.6) is 11.5 Å². The van der Waals surface area contributed by atoms with Crippen LogP contribution < -0.4 is 24.4 Å². The molecule has 0 aliphatic carbocycles. The van der Waals surface area contributed by atoms with E-state index in [-0.39, 0.29) is 12.2 Å². The van der Waals surface area contributed by atoms with E-state index in [2.05, 4.69) is 0 Å². The molecule has 5 rings (SSSR count). The molecule has 2 heterocycles. The van der Waals surface area contributed by atoms with Crippen LogP contribution in [-0.4, -0.2) is 31.4 Å². The number of esters is 1. The van der Waals surface area contributed by atoms with Crippen molar-refractivity contribution in [2.75, 3.05) is 20.8 Å². The predicted octanol–water partition coefficient (Wildman–Crippen LogP) is 4.75. The van der Waals surface area contributed by atoms with Crippen LogP contribution in [0.2, 0.25) is 0 Å². The summed E-state index contributed by atoms with van der Waals surface area (Å²) in [5.74, 6) is 0.844. The fraction of sp³-hybridized carbons (Fsp3) is 0.258. The Balaban J connectivity index is 1.85. The molecule has 0 fully saturated rings. The van der Waals surface area contributed by atoms with E-state index < -0.39 is 12.0 Å². The summed E-state index contributed by atoms with van der Waals surface area (Å²) in [5.41, 5.74) is 2.37. The lowest BCUT2D eigenvalue weighted by molar-refractivity contribution is -0.139. The fourth-order valence-corrected chi connectivity index (χ4v) is 6.00. The summed E-state index contributed by atoms with van der Waals surface area (Å²) in [6.45, 7) is 4.02. The zero-order chi connectivity index (χ0) is 27.5. The number of fused-ring (bicyclic) bond motifs is 2. The molecule has 1 aromatic heterocycles. The molecule has 1 aliphatic rings. The molecule has 0 bridgehead atoms. The van der Waals surface area contributed by atoms with Crippen LogP contribution in [0.1, 0.15) is 43.9 Å². The molecule has 1 atom stereocenters.